The minimum atomic E-state index is 1.15. The third-order valence-corrected chi connectivity index (χ3v) is 8.70. The van der Waals surface area contributed by atoms with Gasteiger partial charge in [-0.25, -0.2) is 0 Å². The van der Waals surface area contributed by atoms with Gasteiger partial charge in [0.1, 0.15) is 0 Å². The van der Waals surface area contributed by atoms with E-state index >= 15 is 0 Å². The first-order valence-electron chi connectivity index (χ1n) is 14.7. The molecular formula is C40H27N3. The van der Waals surface area contributed by atoms with Crippen LogP contribution >= 0.6 is 0 Å². The number of hydrogen-bond acceptors (Lipinski definition) is 2. The molecule has 0 amide bonds. The van der Waals surface area contributed by atoms with E-state index in [1.54, 1.807) is 0 Å². The molecule has 1 aliphatic rings. The maximum absolute atomic E-state index is 3.57. The van der Waals surface area contributed by atoms with Crippen LogP contribution < -0.4 is 9.80 Å². The molecular weight excluding hydrogens is 522 g/mol. The molecule has 2 heterocycles. The molecule has 43 heavy (non-hydrogen) atoms. The third kappa shape index (κ3) is 3.62. The number of nitrogens with one attached hydrogen (secondary N) is 1. The van der Waals surface area contributed by atoms with Crippen molar-refractivity contribution in [3.8, 4) is 11.1 Å². The van der Waals surface area contributed by atoms with Crippen molar-refractivity contribution in [1.29, 1.82) is 0 Å². The molecule has 8 aromatic rings. The first-order chi connectivity index (χ1) is 21.3. The van der Waals surface area contributed by atoms with Crippen LogP contribution in [0.1, 0.15) is 0 Å². The van der Waals surface area contributed by atoms with Gasteiger partial charge in [0.2, 0.25) is 0 Å². The van der Waals surface area contributed by atoms with Crippen molar-refractivity contribution >= 4 is 66.7 Å². The van der Waals surface area contributed by atoms with Crippen LogP contribution in [-0.2, 0) is 0 Å². The highest BCUT2D eigenvalue weighted by molar-refractivity contribution is 6.12. The lowest BCUT2D eigenvalue weighted by Gasteiger charge is -2.40. The molecule has 0 saturated carbocycles. The number of anilines is 6. The highest BCUT2D eigenvalue weighted by atomic mass is 15.3. The number of hydrogen-bond donors (Lipinski definition) is 1. The van der Waals surface area contributed by atoms with E-state index in [1.165, 1.54) is 43.9 Å². The quantitative estimate of drug-likeness (QED) is 0.237. The second-order valence-corrected chi connectivity index (χ2v) is 11.1. The van der Waals surface area contributed by atoms with Gasteiger partial charge in [-0.15, -0.1) is 0 Å². The Morgan fingerprint density at radius 2 is 0.907 bits per heavy atom. The molecule has 0 atom stereocenters. The number of aromatic amines is 1. The van der Waals surface area contributed by atoms with Crippen molar-refractivity contribution in [1.82, 2.24) is 4.98 Å². The maximum Gasteiger partial charge on any atom is 0.0703 e. The van der Waals surface area contributed by atoms with Crippen LogP contribution in [0.4, 0.5) is 34.1 Å². The standard InChI is InChI=1S/C40H27N3/c1-2-12-28(13-3-1)42-37-18-8-10-20-39(37)43(40-21-11-9-19-38(40)42)36-25-23-29(30-14-4-5-16-32(30)36)27-22-24-35-33(26-27)31-15-6-7-17-34(31)41-35/h1-26,41H. The van der Waals surface area contributed by atoms with Gasteiger partial charge >= 0.3 is 0 Å². The second kappa shape index (κ2) is 9.37. The molecule has 0 spiro atoms. The molecule has 1 aliphatic heterocycles. The summed E-state index contributed by atoms with van der Waals surface area (Å²) in [6.45, 7) is 0. The first-order valence-corrected chi connectivity index (χ1v) is 14.7. The molecule has 1 N–H and O–H groups in total. The van der Waals surface area contributed by atoms with Crippen molar-refractivity contribution in [2.45, 2.75) is 0 Å². The largest absolute Gasteiger partial charge is 0.355 e. The van der Waals surface area contributed by atoms with Crippen LogP contribution in [0.15, 0.2) is 158 Å². The highest BCUT2D eigenvalue weighted by Gasteiger charge is 2.30. The summed E-state index contributed by atoms with van der Waals surface area (Å²) in [5, 5.41) is 4.96. The fourth-order valence-corrected chi connectivity index (χ4v) is 6.80. The maximum atomic E-state index is 3.57. The fraction of sp³-hybridized carbons (Fsp3) is 0. The topological polar surface area (TPSA) is 22.3 Å². The summed E-state index contributed by atoms with van der Waals surface area (Å²) in [5.74, 6) is 0. The number of rotatable bonds is 3. The molecule has 9 rings (SSSR count). The Kier molecular flexibility index (Phi) is 5.20. The van der Waals surface area contributed by atoms with Crippen LogP contribution in [0.3, 0.4) is 0 Å². The van der Waals surface area contributed by atoms with E-state index in [9.17, 15) is 0 Å². The normalized spacial score (nSPS) is 12.6. The SMILES string of the molecule is c1ccc(N2c3ccccc3N(c3ccc(-c4ccc5[nH]c6ccccc6c5c4)c4ccccc34)c3ccccc32)cc1. The average Bonchev–Trinajstić information content (AvgIpc) is 3.45. The lowest BCUT2D eigenvalue weighted by atomic mass is 9.94. The number of nitrogens with zero attached hydrogens (tertiary/aromatic N) is 2. The van der Waals surface area contributed by atoms with Gasteiger partial charge in [-0.05, 0) is 77.2 Å². The summed E-state index contributed by atoms with van der Waals surface area (Å²) in [6.07, 6.45) is 0. The number of H-pyrrole nitrogens is 1. The fourth-order valence-electron chi connectivity index (χ4n) is 6.80. The minimum Gasteiger partial charge on any atom is -0.355 e. The van der Waals surface area contributed by atoms with E-state index in [-0.39, 0.29) is 0 Å². The Morgan fingerprint density at radius 3 is 1.63 bits per heavy atom. The van der Waals surface area contributed by atoms with E-state index in [0.717, 1.165) is 34.0 Å². The Morgan fingerprint density at radius 1 is 0.349 bits per heavy atom. The van der Waals surface area contributed by atoms with E-state index in [0.29, 0.717) is 0 Å². The van der Waals surface area contributed by atoms with Gasteiger partial charge in [0, 0.05) is 32.9 Å². The zero-order valence-electron chi connectivity index (χ0n) is 23.4. The number of fused-ring (bicyclic) bond motifs is 6. The molecule has 0 unspecified atom stereocenters. The second-order valence-electron chi connectivity index (χ2n) is 11.1. The summed E-state index contributed by atoms with van der Waals surface area (Å²) in [4.78, 5) is 8.37. The van der Waals surface area contributed by atoms with Gasteiger partial charge < -0.3 is 14.8 Å². The summed E-state index contributed by atoms with van der Waals surface area (Å²) in [6, 6.07) is 56.8. The Labute approximate surface area is 249 Å². The Bertz CT molecular complexity index is 2270. The van der Waals surface area contributed by atoms with E-state index in [2.05, 4.69) is 173 Å². The molecule has 1 aromatic heterocycles. The number of para-hydroxylation sites is 6. The summed E-state index contributed by atoms with van der Waals surface area (Å²) in [5.41, 5.74) is 11.7. The average molecular weight is 550 g/mol. The van der Waals surface area contributed by atoms with Gasteiger partial charge in [-0.3, -0.25) is 0 Å². The van der Waals surface area contributed by atoms with Crippen LogP contribution in [-0.4, -0.2) is 4.98 Å². The van der Waals surface area contributed by atoms with Crippen LogP contribution in [0.25, 0.3) is 43.7 Å². The van der Waals surface area contributed by atoms with Crippen molar-refractivity contribution in [3.63, 3.8) is 0 Å². The zero-order chi connectivity index (χ0) is 28.3. The minimum absolute atomic E-state index is 1.15. The Balaban J connectivity index is 1.26. The van der Waals surface area contributed by atoms with Crippen LogP contribution in [0, 0.1) is 0 Å². The van der Waals surface area contributed by atoms with Crippen molar-refractivity contribution in [3.05, 3.63) is 158 Å². The van der Waals surface area contributed by atoms with Gasteiger partial charge in [0.05, 0.1) is 28.4 Å². The van der Waals surface area contributed by atoms with Gasteiger partial charge in [-0.2, -0.15) is 0 Å². The molecule has 0 aliphatic carbocycles. The molecule has 202 valence electrons. The molecule has 0 radical (unpaired) electrons. The molecule has 0 bridgehead atoms. The van der Waals surface area contributed by atoms with E-state index in [1.807, 2.05) is 0 Å². The summed E-state index contributed by atoms with van der Waals surface area (Å²) < 4.78 is 0. The summed E-state index contributed by atoms with van der Waals surface area (Å²) in [7, 11) is 0. The molecule has 3 heteroatoms. The lowest BCUT2D eigenvalue weighted by molar-refractivity contribution is 1.17. The van der Waals surface area contributed by atoms with Crippen molar-refractivity contribution < 1.29 is 0 Å². The molecule has 7 aromatic carbocycles. The number of benzene rings is 7. The number of aromatic nitrogens is 1. The lowest BCUT2D eigenvalue weighted by Crippen LogP contribution is -2.24. The van der Waals surface area contributed by atoms with Crippen molar-refractivity contribution in [2.75, 3.05) is 9.80 Å². The first kappa shape index (κ1) is 23.9. The predicted octanol–water partition coefficient (Wildman–Crippen LogP) is 11.4. The third-order valence-electron chi connectivity index (χ3n) is 8.70. The van der Waals surface area contributed by atoms with Gasteiger partial charge in [0.25, 0.3) is 0 Å². The molecule has 0 saturated heterocycles. The van der Waals surface area contributed by atoms with Gasteiger partial charge in [0.15, 0.2) is 0 Å². The van der Waals surface area contributed by atoms with Gasteiger partial charge in [-0.1, -0.05) is 97.1 Å². The molecule has 3 nitrogen and oxygen atoms in total. The van der Waals surface area contributed by atoms with Crippen molar-refractivity contribution in [2.24, 2.45) is 0 Å². The van der Waals surface area contributed by atoms with E-state index < -0.39 is 0 Å². The summed E-state index contributed by atoms with van der Waals surface area (Å²) >= 11 is 0. The highest BCUT2D eigenvalue weighted by Crippen LogP contribution is 2.55. The Hall–Kier alpha value is -5.80. The predicted molar refractivity (Wildman–Crippen MR) is 182 cm³/mol. The smallest absolute Gasteiger partial charge is 0.0703 e. The van der Waals surface area contributed by atoms with Crippen LogP contribution in [0.5, 0.6) is 0 Å². The van der Waals surface area contributed by atoms with Crippen LogP contribution in [0.2, 0.25) is 0 Å². The zero-order valence-corrected chi connectivity index (χ0v) is 23.4. The molecule has 0 fully saturated rings. The van der Waals surface area contributed by atoms with E-state index in [4.69, 9.17) is 0 Å². The monoisotopic (exact) mass is 549 g/mol.